The van der Waals surface area contributed by atoms with Gasteiger partial charge in [-0.3, -0.25) is 9.78 Å². The zero-order valence-corrected chi connectivity index (χ0v) is 9.74. The maximum Gasteiger partial charge on any atom is 0.237 e. The first-order chi connectivity index (χ1) is 7.20. The van der Waals surface area contributed by atoms with Crippen LogP contribution in [0.5, 0.6) is 0 Å². The van der Waals surface area contributed by atoms with Gasteiger partial charge in [0.15, 0.2) is 0 Å². The Balaban J connectivity index is 2.85. The largest absolute Gasteiger partial charge is 0.338 e. The number of alkyl halides is 1. The molecule has 0 aromatic carbocycles. The number of carbonyl (C=O) groups excluding carboxylic acids is 1. The third-order valence-electron chi connectivity index (χ3n) is 2.45. The predicted molar refractivity (Wildman–Crippen MR) is 60.8 cm³/mol. The Morgan fingerprint density at radius 3 is 2.60 bits per heavy atom. The van der Waals surface area contributed by atoms with E-state index in [0.717, 1.165) is 12.0 Å². The number of carbonyl (C=O) groups is 1. The minimum absolute atomic E-state index is 0.0259. The van der Waals surface area contributed by atoms with Crippen LogP contribution in [0.4, 0.5) is 0 Å². The third-order valence-corrected chi connectivity index (χ3v) is 2.68. The van der Waals surface area contributed by atoms with Crippen molar-refractivity contribution in [1.82, 2.24) is 9.88 Å². The zero-order valence-electron chi connectivity index (χ0n) is 8.98. The van der Waals surface area contributed by atoms with Crippen molar-refractivity contribution in [2.45, 2.75) is 19.4 Å². The zero-order chi connectivity index (χ0) is 11.3. The van der Waals surface area contributed by atoms with Crippen LogP contribution < -0.4 is 0 Å². The van der Waals surface area contributed by atoms with Crippen molar-refractivity contribution in [3.05, 3.63) is 30.1 Å². The maximum absolute atomic E-state index is 11.5. The summed E-state index contributed by atoms with van der Waals surface area (Å²) >= 11 is 5.53. The third kappa shape index (κ3) is 2.93. The van der Waals surface area contributed by atoms with E-state index in [2.05, 4.69) is 4.98 Å². The first-order valence-electron chi connectivity index (χ1n) is 4.92. The van der Waals surface area contributed by atoms with Crippen molar-refractivity contribution in [2.24, 2.45) is 0 Å². The van der Waals surface area contributed by atoms with E-state index in [-0.39, 0.29) is 17.8 Å². The molecule has 3 nitrogen and oxygen atoms in total. The van der Waals surface area contributed by atoms with Crippen molar-refractivity contribution in [1.29, 1.82) is 0 Å². The van der Waals surface area contributed by atoms with Crippen molar-refractivity contribution in [2.75, 3.05) is 12.9 Å². The Kier molecular flexibility index (Phi) is 4.56. The Labute approximate surface area is 95.1 Å². The van der Waals surface area contributed by atoms with E-state index < -0.39 is 0 Å². The van der Waals surface area contributed by atoms with Crippen molar-refractivity contribution in [3.63, 3.8) is 0 Å². The van der Waals surface area contributed by atoms with Gasteiger partial charge in [0, 0.05) is 19.4 Å². The number of rotatable bonds is 4. The van der Waals surface area contributed by atoms with Gasteiger partial charge < -0.3 is 4.90 Å². The summed E-state index contributed by atoms with van der Waals surface area (Å²) in [7, 11) is 1.78. The topological polar surface area (TPSA) is 33.2 Å². The Morgan fingerprint density at radius 1 is 1.53 bits per heavy atom. The molecule has 0 aliphatic carbocycles. The summed E-state index contributed by atoms with van der Waals surface area (Å²) in [4.78, 5) is 17.1. The molecule has 1 rings (SSSR count). The minimum atomic E-state index is -0.0553. The average Bonchev–Trinajstić information content (AvgIpc) is 2.30. The van der Waals surface area contributed by atoms with E-state index in [1.165, 1.54) is 0 Å². The number of amides is 1. The standard InChI is InChI=1S/C11H15ClN2O/c1-3-10(14(2)11(15)8-12)9-4-6-13-7-5-9/h4-7,10H,3,8H2,1-2H3. The molecule has 1 amide bonds. The first kappa shape index (κ1) is 12.0. The Hall–Kier alpha value is -1.09. The van der Waals surface area contributed by atoms with Gasteiger partial charge in [0.05, 0.1) is 6.04 Å². The van der Waals surface area contributed by atoms with Crippen LogP contribution in [-0.2, 0) is 4.79 Å². The smallest absolute Gasteiger partial charge is 0.237 e. The second kappa shape index (κ2) is 5.71. The molecule has 1 unspecified atom stereocenters. The van der Waals surface area contributed by atoms with Crippen LogP contribution in [0.15, 0.2) is 24.5 Å². The lowest BCUT2D eigenvalue weighted by Crippen LogP contribution is -2.31. The fourth-order valence-electron chi connectivity index (χ4n) is 1.59. The van der Waals surface area contributed by atoms with Crippen molar-refractivity contribution >= 4 is 17.5 Å². The summed E-state index contributed by atoms with van der Waals surface area (Å²) in [5.74, 6) is -0.0294. The Morgan fingerprint density at radius 2 is 2.13 bits per heavy atom. The lowest BCUT2D eigenvalue weighted by Gasteiger charge is -2.26. The van der Waals surface area contributed by atoms with Crippen LogP contribution in [0.1, 0.15) is 24.9 Å². The van der Waals surface area contributed by atoms with E-state index in [1.807, 2.05) is 19.1 Å². The van der Waals surface area contributed by atoms with Gasteiger partial charge in [-0.15, -0.1) is 11.6 Å². The summed E-state index contributed by atoms with van der Waals surface area (Å²) in [6.45, 7) is 2.04. The van der Waals surface area contributed by atoms with Gasteiger partial charge in [-0.05, 0) is 24.1 Å². The first-order valence-corrected chi connectivity index (χ1v) is 5.45. The number of nitrogens with zero attached hydrogens (tertiary/aromatic N) is 2. The second-order valence-corrected chi connectivity index (χ2v) is 3.61. The fraction of sp³-hybridized carbons (Fsp3) is 0.455. The summed E-state index contributed by atoms with van der Waals surface area (Å²) in [5, 5.41) is 0. The number of halogens is 1. The van der Waals surface area contributed by atoms with Gasteiger partial charge in [0.1, 0.15) is 5.88 Å². The van der Waals surface area contributed by atoms with Gasteiger partial charge in [-0.25, -0.2) is 0 Å². The Bertz CT molecular complexity index is 316. The molecule has 1 aromatic rings. The highest BCUT2D eigenvalue weighted by molar-refractivity contribution is 6.27. The van der Waals surface area contributed by atoms with Crippen LogP contribution in [0, 0.1) is 0 Å². The molecule has 0 aliphatic heterocycles. The number of aromatic nitrogens is 1. The molecule has 0 radical (unpaired) electrons. The maximum atomic E-state index is 11.5. The van der Waals surface area contributed by atoms with E-state index in [0.29, 0.717) is 0 Å². The average molecular weight is 227 g/mol. The van der Waals surface area contributed by atoms with Crippen LogP contribution in [0.25, 0.3) is 0 Å². The molecule has 0 saturated carbocycles. The number of pyridine rings is 1. The predicted octanol–water partition coefficient (Wildman–Crippen LogP) is 2.23. The molecule has 82 valence electrons. The highest BCUT2D eigenvalue weighted by Crippen LogP contribution is 2.22. The molecular weight excluding hydrogens is 212 g/mol. The molecule has 0 spiro atoms. The molecule has 15 heavy (non-hydrogen) atoms. The quantitative estimate of drug-likeness (QED) is 0.738. The monoisotopic (exact) mass is 226 g/mol. The molecule has 1 heterocycles. The van der Waals surface area contributed by atoms with Gasteiger partial charge >= 0.3 is 0 Å². The molecule has 4 heteroatoms. The lowest BCUT2D eigenvalue weighted by molar-refractivity contribution is -0.129. The summed E-state index contributed by atoms with van der Waals surface area (Å²) in [6, 6.07) is 3.93. The normalized spacial score (nSPS) is 12.2. The van der Waals surface area contributed by atoms with E-state index in [4.69, 9.17) is 11.6 Å². The van der Waals surface area contributed by atoms with Crippen LogP contribution in [0.3, 0.4) is 0 Å². The lowest BCUT2D eigenvalue weighted by atomic mass is 10.0. The van der Waals surface area contributed by atoms with E-state index in [1.54, 1.807) is 24.3 Å². The number of hydrogen-bond donors (Lipinski definition) is 0. The summed E-state index contributed by atoms with van der Waals surface area (Å²) in [5.41, 5.74) is 1.09. The van der Waals surface area contributed by atoms with Crippen LogP contribution in [0.2, 0.25) is 0 Å². The molecule has 0 saturated heterocycles. The molecule has 0 bridgehead atoms. The van der Waals surface area contributed by atoms with Crippen LogP contribution >= 0.6 is 11.6 Å². The van der Waals surface area contributed by atoms with Crippen LogP contribution in [-0.4, -0.2) is 28.7 Å². The molecule has 1 atom stereocenters. The van der Waals surface area contributed by atoms with Crippen molar-refractivity contribution in [3.8, 4) is 0 Å². The SMILES string of the molecule is CCC(c1ccncc1)N(C)C(=O)CCl. The summed E-state index contributed by atoms with van der Waals surface area (Å²) in [6.07, 6.45) is 4.33. The van der Waals surface area contributed by atoms with Gasteiger partial charge in [0.2, 0.25) is 5.91 Å². The van der Waals surface area contributed by atoms with E-state index >= 15 is 0 Å². The minimum Gasteiger partial charge on any atom is -0.338 e. The highest BCUT2D eigenvalue weighted by Gasteiger charge is 2.18. The van der Waals surface area contributed by atoms with Crippen molar-refractivity contribution < 1.29 is 4.79 Å². The van der Waals surface area contributed by atoms with Gasteiger partial charge in [-0.2, -0.15) is 0 Å². The van der Waals surface area contributed by atoms with E-state index in [9.17, 15) is 4.79 Å². The van der Waals surface area contributed by atoms with Gasteiger partial charge in [-0.1, -0.05) is 6.92 Å². The second-order valence-electron chi connectivity index (χ2n) is 3.34. The highest BCUT2D eigenvalue weighted by atomic mass is 35.5. The number of hydrogen-bond acceptors (Lipinski definition) is 2. The molecule has 0 N–H and O–H groups in total. The molecule has 0 fully saturated rings. The van der Waals surface area contributed by atoms with Gasteiger partial charge in [0.25, 0.3) is 0 Å². The molecule has 1 aromatic heterocycles. The molecule has 0 aliphatic rings. The fourth-order valence-corrected chi connectivity index (χ4v) is 1.78. The molecular formula is C11H15ClN2O. The summed E-state index contributed by atoms with van der Waals surface area (Å²) < 4.78 is 0.